The van der Waals surface area contributed by atoms with Gasteiger partial charge in [0.05, 0.1) is 6.26 Å². The predicted octanol–water partition coefficient (Wildman–Crippen LogP) is 2.61. The first-order valence-corrected chi connectivity index (χ1v) is 8.05. The van der Waals surface area contributed by atoms with Crippen molar-refractivity contribution in [2.24, 2.45) is 0 Å². The lowest BCUT2D eigenvalue weighted by atomic mass is 9.91. The number of carbonyl (C=O) groups excluding carboxylic acids is 2. The highest BCUT2D eigenvalue weighted by atomic mass is 16.5. The van der Waals surface area contributed by atoms with E-state index >= 15 is 0 Å². The SMILES string of the molecule is Cc1ccc([C@@]2(C)NC(=O)N(Cc3nc(-c4ccco4)no3)C2=O)cc1. The van der Waals surface area contributed by atoms with Crippen molar-refractivity contribution in [3.8, 4) is 11.6 Å². The van der Waals surface area contributed by atoms with Gasteiger partial charge in [-0.2, -0.15) is 4.98 Å². The molecule has 2 aromatic heterocycles. The smallest absolute Gasteiger partial charge is 0.325 e. The number of carbonyl (C=O) groups is 2. The minimum Gasteiger partial charge on any atom is -0.461 e. The van der Waals surface area contributed by atoms with Crippen molar-refractivity contribution in [2.75, 3.05) is 0 Å². The molecule has 4 rings (SSSR count). The lowest BCUT2D eigenvalue weighted by molar-refractivity contribution is -0.131. The average molecular weight is 352 g/mol. The van der Waals surface area contributed by atoms with E-state index in [0.717, 1.165) is 10.5 Å². The van der Waals surface area contributed by atoms with E-state index < -0.39 is 11.6 Å². The van der Waals surface area contributed by atoms with Crippen molar-refractivity contribution >= 4 is 11.9 Å². The molecule has 0 bridgehead atoms. The Morgan fingerprint density at radius 3 is 2.65 bits per heavy atom. The summed E-state index contributed by atoms with van der Waals surface area (Å²) in [4.78, 5) is 30.5. The Balaban J connectivity index is 1.57. The first-order chi connectivity index (χ1) is 12.5. The van der Waals surface area contributed by atoms with Crippen molar-refractivity contribution in [2.45, 2.75) is 25.9 Å². The lowest BCUT2D eigenvalue weighted by Gasteiger charge is -2.22. The molecule has 1 aliphatic rings. The molecule has 0 radical (unpaired) electrons. The number of nitrogens with one attached hydrogen (secondary N) is 1. The molecule has 1 aliphatic heterocycles. The highest BCUT2D eigenvalue weighted by molar-refractivity contribution is 6.07. The molecule has 0 saturated carbocycles. The fourth-order valence-corrected chi connectivity index (χ4v) is 2.88. The van der Waals surface area contributed by atoms with Gasteiger partial charge in [-0.1, -0.05) is 35.0 Å². The van der Waals surface area contributed by atoms with Gasteiger partial charge < -0.3 is 14.3 Å². The number of hydrogen-bond acceptors (Lipinski definition) is 6. The number of nitrogens with zero attached hydrogens (tertiary/aromatic N) is 3. The van der Waals surface area contributed by atoms with Gasteiger partial charge in [-0.3, -0.25) is 9.69 Å². The van der Waals surface area contributed by atoms with Crippen LogP contribution in [-0.2, 0) is 16.9 Å². The van der Waals surface area contributed by atoms with Gasteiger partial charge in [0, 0.05) is 0 Å². The van der Waals surface area contributed by atoms with Crippen molar-refractivity contribution in [1.29, 1.82) is 0 Å². The van der Waals surface area contributed by atoms with Gasteiger partial charge in [0.25, 0.3) is 5.91 Å². The topological polar surface area (TPSA) is 101 Å². The Bertz CT molecular complexity index is 962. The maximum atomic E-state index is 12.9. The fraction of sp³-hybridized carbons (Fsp3) is 0.222. The number of benzene rings is 1. The third kappa shape index (κ3) is 2.55. The largest absolute Gasteiger partial charge is 0.461 e. The molecular formula is C18H16N4O4. The summed E-state index contributed by atoms with van der Waals surface area (Å²) in [5.41, 5.74) is 0.655. The second kappa shape index (κ2) is 5.83. The van der Waals surface area contributed by atoms with Crippen LogP contribution in [0.15, 0.2) is 51.6 Å². The maximum absolute atomic E-state index is 12.9. The molecule has 1 saturated heterocycles. The van der Waals surface area contributed by atoms with Gasteiger partial charge in [-0.05, 0) is 31.5 Å². The maximum Gasteiger partial charge on any atom is 0.325 e. The summed E-state index contributed by atoms with van der Waals surface area (Å²) in [6.07, 6.45) is 1.50. The Hall–Kier alpha value is -3.42. The standard InChI is InChI=1S/C18H16N4O4/c1-11-5-7-12(8-6-11)18(2)16(23)22(17(24)20-18)10-14-19-15(21-26-14)13-4-3-9-25-13/h3-9H,10H2,1-2H3,(H,20,24)/t18-/m1/s1. The zero-order valence-corrected chi connectivity index (χ0v) is 14.2. The minimum atomic E-state index is -1.13. The minimum absolute atomic E-state index is 0.111. The molecule has 0 spiro atoms. The first-order valence-electron chi connectivity index (χ1n) is 8.05. The fourth-order valence-electron chi connectivity index (χ4n) is 2.88. The predicted molar refractivity (Wildman–Crippen MR) is 89.6 cm³/mol. The second-order valence-electron chi connectivity index (χ2n) is 6.30. The van der Waals surface area contributed by atoms with Crippen LogP contribution in [0.1, 0.15) is 23.9 Å². The van der Waals surface area contributed by atoms with E-state index in [1.165, 1.54) is 6.26 Å². The van der Waals surface area contributed by atoms with Crippen LogP contribution < -0.4 is 5.32 Å². The summed E-state index contributed by atoms with van der Waals surface area (Å²) in [5, 5.41) is 6.56. The van der Waals surface area contributed by atoms with Crippen LogP contribution in [0.3, 0.4) is 0 Å². The molecule has 3 aromatic rings. The molecule has 132 valence electrons. The highest BCUT2D eigenvalue weighted by Gasteiger charge is 2.49. The number of furan rings is 1. The van der Waals surface area contributed by atoms with E-state index in [4.69, 9.17) is 8.94 Å². The monoisotopic (exact) mass is 352 g/mol. The van der Waals surface area contributed by atoms with Gasteiger partial charge >= 0.3 is 6.03 Å². The zero-order valence-electron chi connectivity index (χ0n) is 14.2. The van der Waals surface area contributed by atoms with E-state index in [-0.39, 0.29) is 24.2 Å². The molecule has 0 unspecified atom stereocenters. The van der Waals surface area contributed by atoms with Crippen molar-refractivity contribution < 1.29 is 18.5 Å². The third-order valence-electron chi connectivity index (χ3n) is 4.41. The van der Waals surface area contributed by atoms with Crippen molar-refractivity contribution in [3.63, 3.8) is 0 Å². The quantitative estimate of drug-likeness (QED) is 0.724. The Morgan fingerprint density at radius 1 is 1.19 bits per heavy atom. The van der Waals surface area contributed by atoms with Crippen LogP contribution in [0.25, 0.3) is 11.6 Å². The number of urea groups is 1. The van der Waals surface area contributed by atoms with E-state index in [2.05, 4.69) is 15.5 Å². The average Bonchev–Trinajstić information content (AvgIpc) is 3.34. The molecule has 1 fully saturated rings. The summed E-state index contributed by atoms with van der Waals surface area (Å²) >= 11 is 0. The molecular weight excluding hydrogens is 336 g/mol. The number of rotatable bonds is 4. The Kier molecular flexibility index (Phi) is 3.61. The normalized spacial score (nSPS) is 19.8. The molecule has 8 heteroatoms. The van der Waals surface area contributed by atoms with Crippen LogP contribution >= 0.6 is 0 Å². The second-order valence-corrected chi connectivity index (χ2v) is 6.30. The highest BCUT2D eigenvalue weighted by Crippen LogP contribution is 2.30. The molecule has 1 aromatic carbocycles. The summed E-state index contributed by atoms with van der Waals surface area (Å²) < 4.78 is 10.3. The van der Waals surface area contributed by atoms with E-state index in [9.17, 15) is 9.59 Å². The first kappa shape index (κ1) is 16.1. The molecule has 1 N–H and O–H groups in total. The number of aryl methyl sites for hydroxylation is 1. The van der Waals surface area contributed by atoms with E-state index in [1.807, 2.05) is 31.2 Å². The van der Waals surface area contributed by atoms with Crippen molar-refractivity contribution in [3.05, 3.63) is 59.7 Å². The van der Waals surface area contributed by atoms with Crippen LogP contribution in [0.4, 0.5) is 4.79 Å². The molecule has 8 nitrogen and oxygen atoms in total. The summed E-state index contributed by atoms with van der Waals surface area (Å²) in [5.74, 6) is 0.484. The number of imide groups is 1. The van der Waals surface area contributed by atoms with Gasteiger partial charge in [0.1, 0.15) is 12.1 Å². The number of aromatic nitrogens is 2. The van der Waals surface area contributed by atoms with Crippen molar-refractivity contribution in [1.82, 2.24) is 20.4 Å². The van der Waals surface area contributed by atoms with Crippen LogP contribution in [-0.4, -0.2) is 27.0 Å². The van der Waals surface area contributed by atoms with Crippen LogP contribution in [0.2, 0.25) is 0 Å². The number of hydrogen-bond donors (Lipinski definition) is 1. The molecule has 3 amide bonds. The molecule has 1 atom stereocenters. The summed E-state index contributed by atoms with van der Waals surface area (Å²) in [7, 11) is 0. The molecule has 0 aliphatic carbocycles. The Morgan fingerprint density at radius 2 is 1.96 bits per heavy atom. The summed E-state index contributed by atoms with van der Waals surface area (Å²) in [6.45, 7) is 3.53. The molecule has 26 heavy (non-hydrogen) atoms. The van der Waals surface area contributed by atoms with E-state index in [1.54, 1.807) is 19.1 Å². The third-order valence-corrected chi connectivity index (χ3v) is 4.41. The Labute approximate surface area is 148 Å². The zero-order chi connectivity index (χ0) is 18.3. The van der Waals surface area contributed by atoms with E-state index in [0.29, 0.717) is 11.3 Å². The van der Waals surface area contributed by atoms with Gasteiger partial charge in [-0.15, -0.1) is 0 Å². The van der Waals surface area contributed by atoms with Gasteiger partial charge in [0.15, 0.2) is 5.76 Å². The number of amides is 3. The van der Waals surface area contributed by atoms with Crippen LogP contribution in [0, 0.1) is 6.92 Å². The summed E-state index contributed by atoms with van der Waals surface area (Å²) in [6, 6.07) is 10.4. The van der Waals surface area contributed by atoms with Gasteiger partial charge in [0.2, 0.25) is 11.7 Å². The van der Waals surface area contributed by atoms with Gasteiger partial charge in [-0.25, -0.2) is 4.79 Å². The van der Waals surface area contributed by atoms with Crippen LogP contribution in [0.5, 0.6) is 0 Å². The molecule has 3 heterocycles. The lowest BCUT2D eigenvalue weighted by Crippen LogP contribution is -2.40.